The maximum Gasteiger partial charge on any atom is 0.330 e. The number of carboxylic acid groups (broad SMARTS) is 1. The molecule has 56 heavy (non-hydrogen) atoms. The lowest BCUT2D eigenvalue weighted by atomic mass is 9.92. The molecule has 0 amide bonds. The number of unbranched alkanes of at least 4 members (excludes halogenated alkanes) is 28. The molecule has 0 atom stereocenters. The number of esters is 3. The summed E-state index contributed by atoms with van der Waals surface area (Å²) in [5, 5.41) is 18.4. The van der Waals surface area contributed by atoms with Crippen LogP contribution in [0.2, 0.25) is 0 Å². The average molecular weight is 795 g/mol. The Morgan fingerprint density at radius 1 is 0.446 bits per heavy atom. The highest BCUT2D eigenvalue weighted by molar-refractivity contribution is 5.81. The standard InChI is InChI=1S/C29H50O7.C18H36O2/c1-4-7-8-9-10-11-12-13-14-15-16-17-18-19-20-21-28(33)36-25-29(22-30,23-34-26(31)5-2)24-35-27(32)6-3;1-2-3-4-5-6-7-8-9-10-11-12-13-14-15-16-17-18(19)20/h5-6,30H,2-4,7-25H2,1H3;2-17H2,1H3,(H,19,20). The van der Waals surface area contributed by atoms with Crippen LogP contribution in [0.4, 0.5) is 0 Å². The molecule has 0 aliphatic carbocycles. The minimum Gasteiger partial charge on any atom is -0.481 e. The van der Waals surface area contributed by atoms with E-state index in [4.69, 9.17) is 19.3 Å². The maximum atomic E-state index is 12.2. The van der Waals surface area contributed by atoms with Gasteiger partial charge in [-0.25, -0.2) is 9.59 Å². The van der Waals surface area contributed by atoms with Crippen LogP contribution in [0.25, 0.3) is 0 Å². The molecule has 0 saturated heterocycles. The van der Waals surface area contributed by atoms with E-state index in [1.54, 1.807) is 0 Å². The summed E-state index contributed by atoms with van der Waals surface area (Å²) in [6.45, 7) is 9.84. The van der Waals surface area contributed by atoms with Gasteiger partial charge in [0, 0.05) is 25.0 Å². The first-order chi connectivity index (χ1) is 27.2. The smallest absolute Gasteiger partial charge is 0.330 e. The molecule has 0 fully saturated rings. The topological polar surface area (TPSA) is 136 Å². The molecule has 0 unspecified atom stereocenters. The average Bonchev–Trinajstić information content (AvgIpc) is 3.20. The molecule has 328 valence electrons. The van der Waals surface area contributed by atoms with Gasteiger partial charge in [-0.05, 0) is 12.8 Å². The van der Waals surface area contributed by atoms with Crippen LogP contribution < -0.4 is 0 Å². The predicted octanol–water partition coefficient (Wildman–Crippen LogP) is 12.6. The number of hydrogen-bond acceptors (Lipinski definition) is 8. The lowest BCUT2D eigenvalue weighted by Gasteiger charge is -2.29. The van der Waals surface area contributed by atoms with Gasteiger partial charge in [0.05, 0.1) is 12.0 Å². The first kappa shape index (κ1) is 55.4. The van der Waals surface area contributed by atoms with E-state index >= 15 is 0 Å². The quantitative estimate of drug-likeness (QED) is 0.0268. The number of carbonyl (C=O) groups excluding carboxylic acids is 3. The SMILES string of the molecule is C=CC(=O)OCC(CO)(COC(=O)C=C)COC(=O)CCCCCCCCCCCCCCCCC.CCCCCCCCCCCCCCCCCC(=O)O. The van der Waals surface area contributed by atoms with E-state index in [9.17, 15) is 24.3 Å². The fourth-order valence-corrected chi connectivity index (χ4v) is 6.42. The van der Waals surface area contributed by atoms with Gasteiger partial charge in [0.1, 0.15) is 19.8 Å². The van der Waals surface area contributed by atoms with E-state index in [1.165, 1.54) is 161 Å². The lowest BCUT2D eigenvalue weighted by molar-refractivity contribution is -0.161. The number of hydrogen-bond donors (Lipinski definition) is 2. The molecule has 9 nitrogen and oxygen atoms in total. The van der Waals surface area contributed by atoms with Crippen LogP contribution in [0.15, 0.2) is 25.3 Å². The first-order valence-electron chi connectivity index (χ1n) is 22.8. The highest BCUT2D eigenvalue weighted by atomic mass is 16.6. The molecule has 0 aromatic heterocycles. The molecule has 0 saturated carbocycles. The minimum absolute atomic E-state index is 0.240. The summed E-state index contributed by atoms with van der Waals surface area (Å²) in [5.74, 6) is -2.42. The van der Waals surface area contributed by atoms with Crippen LogP contribution in [-0.2, 0) is 33.4 Å². The summed E-state index contributed by atoms with van der Waals surface area (Å²) < 4.78 is 15.3. The van der Waals surface area contributed by atoms with Crippen LogP contribution in [0.1, 0.15) is 219 Å². The Morgan fingerprint density at radius 3 is 0.982 bits per heavy atom. The number of aliphatic carboxylic acids is 1. The molecule has 0 aromatic carbocycles. The summed E-state index contributed by atoms with van der Waals surface area (Å²) >= 11 is 0. The van der Waals surface area contributed by atoms with Crippen molar-refractivity contribution in [3.8, 4) is 0 Å². The Labute approximate surface area is 343 Å². The van der Waals surface area contributed by atoms with Gasteiger partial charge < -0.3 is 24.4 Å². The molecular formula is C47H86O9. The van der Waals surface area contributed by atoms with Crippen molar-refractivity contribution in [2.45, 2.75) is 219 Å². The zero-order chi connectivity index (χ0) is 41.8. The van der Waals surface area contributed by atoms with Gasteiger partial charge in [0.25, 0.3) is 0 Å². The molecule has 0 rings (SSSR count). The van der Waals surface area contributed by atoms with Crippen molar-refractivity contribution in [1.29, 1.82) is 0 Å². The number of aliphatic hydroxyl groups excluding tert-OH is 1. The Balaban J connectivity index is 0. The summed E-state index contributed by atoms with van der Waals surface area (Å²) in [7, 11) is 0. The van der Waals surface area contributed by atoms with E-state index in [0.29, 0.717) is 6.42 Å². The molecular weight excluding hydrogens is 709 g/mol. The highest BCUT2D eigenvalue weighted by Gasteiger charge is 2.35. The Hall–Kier alpha value is -2.68. The fourth-order valence-electron chi connectivity index (χ4n) is 6.42. The fraction of sp³-hybridized carbons (Fsp3) is 0.830. The Morgan fingerprint density at radius 2 is 0.714 bits per heavy atom. The lowest BCUT2D eigenvalue weighted by Crippen LogP contribution is -2.42. The second kappa shape index (κ2) is 43.4. The zero-order valence-corrected chi connectivity index (χ0v) is 36.3. The minimum atomic E-state index is -1.25. The number of rotatable bonds is 41. The van der Waals surface area contributed by atoms with Crippen LogP contribution in [0.5, 0.6) is 0 Å². The highest BCUT2D eigenvalue weighted by Crippen LogP contribution is 2.21. The molecule has 0 aliphatic heterocycles. The Bertz CT molecular complexity index is 924. The molecule has 0 bridgehead atoms. The number of aliphatic hydroxyl groups is 1. The monoisotopic (exact) mass is 795 g/mol. The van der Waals surface area contributed by atoms with Crippen molar-refractivity contribution in [2.24, 2.45) is 5.41 Å². The van der Waals surface area contributed by atoms with Crippen molar-refractivity contribution in [3.05, 3.63) is 25.3 Å². The third-order valence-corrected chi connectivity index (χ3v) is 10.2. The molecule has 0 aromatic rings. The van der Waals surface area contributed by atoms with E-state index in [-0.39, 0.29) is 26.2 Å². The number of carboxylic acids is 1. The summed E-state index contributed by atoms with van der Waals surface area (Å²) in [4.78, 5) is 45.4. The number of carbonyl (C=O) groups is 4. The van der Waals surface area contributed by atoms with Gasteiger partial charge in [-0.1, -0.05) is 207 Å². The van der Waals surface area contributed by atoms with Gasteiger partial charge in [0.15, 0.2) is 0 Å². The van der Waals surface area contributed by atoms with Crippen molar-refractivity contribution < 1.29 is 43.6 Å². The Kier molecular flexibility index (Phi) is 43.0. The molecule has 0 radical (unpaired) electrons. The predicted molar refractivity (Wildman–Crippen MR) is 230 cm³/mol. The summed E-state index contributed by atoms with van der Waals surface area (Å²) in [5.41, 5.74) is -1.25. The van der Waals surface area contributed by atoms with E-state index in [0.717, 1.165) is 44.3 Å². The largest absolute Gasteiger partial charge is 0.481 e. The van der Waals surface area contributed by atoms with Gasteiger partial charge in [0.2, 0.25) is 0 Å². The summed E-state index contributed by atoms with van der Waals surface area (Å²) in [6.07, 6.45) is 41.2. The van der Waals surface area contributed by atoms with Crippen LogP contribution in [0.3, 0.4) is 0 Å². The van der Waals surface area contributed by atoms with E-state index < -0.39 is 35.9 Å². The zero-order valence-electron chi connectivity index (χ0n) is 36.3. The van der Waals surface area contributed by atoms with Crippen molar-refractivity contribution >= 4 is 23.9 Å². The van der Waals surface area contributed by atoms with Gasteiger partial charge >= 0.3 is 23.9 Å². The molecule has 0 aliphatic rings. The van der Waals surface area contributed by atoms with Crippen LogP contribution in [-0.4, -0.2) is 60.5 Å². The molecule has 0 spiro atoms. The van der Waals surface area contributed by atoms with E-state index in [1.807, 2.05) is 0 Å². The molecule has 9 heteroatoms. The third kappa shape index (κ3) is 41.0. The molecule has 2 N–H and O–H groups in total. The second-order valence-corrected chi connectivity index (χ2v) is 15.7. The van der Waals surface area contributed by atoms with Crippen molar-refractivity contribution in [3.63, 3.8) is 0 Å². The van der Waals surface area contributed by atoms with Crippen LogP contribution >= 0.6 is 0 Å². The van der Waals surface area contributed by atoms with Crippen molar-refractivity contribution in [2.75, 3.05) is 26.4 Å². The number of ether oxygens (including phenoxy) is 3. The van der Waals surface area contributed by atoms with Crippen LogP contribution in [0, 0.1) is 5.41 Å². The second-order valence-electron chi connectivity index (χ2n) is 15.7. The summed E-state index contributed by atoms with van der Waals surface area (Å²) in [6, 6.07) is 0. The van der Waals surface area contributed by atoms with Gasteiger partial charge in [-0.2, -0.15) is 0 Å². The maximum absolute atomic E-state index is 12.2. The third-order valence-electron chi connectivity index (χ3n) is 10.2. The van der Waals surface area contributed by atoms with E-state index in [2.05, 4.69) is 27.0 Å². The normalized spacial score (nSPS) is 11.0. The molecule has 0 heterocycles. The van der Waals surface area contributed by atoms with Gasteiger partial charge in [-0.3, -0.25) is 9.59 Å². The van der Waals surface area contributed by atoms with Gasteiger partial charge in [-0.15, -0.1) is 0 Å². The van der Waals surface area contributed by atoms with Crippen molar-refractivity contribution in [1.82, 2.24) is 0 Å². The first-order valence-corrected chi connectivity index (χ1v) is 22.8.